The van der Waals surface area contributed by atoms with E-state index in [1.807, 2.05) is 0 Å². The van der Waals surface area contributed by atoms with Crippen molar-refractivity contribution in [1.29, 1.82) is 0 Å². The summed E-state index contributed by atoms with van der Waals surface area (Å²) >= 11 is 0. The summed E-state index contributed by atoms with van der Waals surface area (Å²) in [5.74, 6) is 0.788. The molecule has 0 saturated heterocycles. The Morgan fingerprint density at radius 2 is 2.14 bits per heavy atom. The minimum Gasteiger partial charge on any atom is -0.330 e. The maximum Gasteiger partial charge on any atom is 0.211 e. The Kier molecular flexibility index (Phi) is 4.34. The van der Waals surface area contributed by atoms with Gasteiger partial charge in [-0.15, -0.1) is 0 Å². The first-order chi connectivity index (χ1) is 6.59. The zero-order valence-electron chi connectivity index (χ0n) is 8.70. The topological polar surface area (TPSA) is 72.2 Å². The zero-order valence-corrected chi connectivity index (χ0v) is 9.52. The fourth-order valence-electron chi connectivity index (χ4n) is 1.57. The molecule has 3 N–H and O–H groups in total. The van der Waals surface area contributed by atoms with Crippen LogP contribution in [0.3, 0.4) is 0 Å². The van der Waals surface area contributed by atoms with E-state index >= 15 is 0 Å². The number of nitrogens with one attached hydrogen (secondary N) is 1. The van der Waals surface area contributed by atoms with E-state index in [0.717, 1.165) is 19.3 Å². The summed E-state index contributed by atoms with van der Waals surface area (Å²) in [4.78, 5) is 0. The highest BCUT2D eigenvalue weighted by molar-refractivity contribution is 7.89. The van der Waals surface area contributed by atoms with Gasteiger partial charge in [-0.25, -0.2) is 13.1 Å². The molecule has 5 heteroatoms. The van der Waals surface area contributed by atoms with Crippen LogP contribution in [0, 0.1) is 5.92 Å². The van der Waals surface area contributed by atoms with Crippen molar-refractivity contribution >= 4 is 10.0 Å². The van der Waals surface area contributed by atoms with Crippen LogP contribution >= 0.6 is 0 Å². The minimum absolute atomic E-state index is 0.211. The second-order valence-corrected chi connectivity index (χ2v) is 5.82. The number of nitrogens with two attached hydrogens (primary N) is 1. The minimum atomic E-state index is -3.04. The van der Waals surface area contributed by atoms with Gasteiger partial charge in [0.15, 0.2) is 0 Å². The van der Waals surface area contributed by atoms with Gasteiger partial charge < -0.3 is 5.73 Å². The summed E-state index contributed by atoms with van der Waals surface area (Å²) in [6.07, 6.45) is 3.51. The SMILES string of the molecule is CCC1CC1NS(=O)(=O)CCCCN. The zero-order chi connectivity index (χ0) is 10.6. The monoisotopic (exact) mass is 220 g/mol. The molecular formula is C9H20N2O2S. The van der Waals surface area contributed by atoms with E-state index in [1.165, 1.54) is 0 Å². The van der Waals surface area contributed by atoms with Crippen LogP contribution in [0.25, 0.3) is 0 Å². The predicted molar refractivity (Wildman–Crippen MR) is 57.4 cm³/mol. The van der Waals surface area contributed by atoms with Crippen molar-refractivity contribution in [1.82, 2.24) is 4.72 Å². The Hall–Kier alpha value is -0.130. The van der Waals surface area contributed by atoms with E-state index < -0.39 is 10.0 Å². The van der Waals surface area contributed by atoms with Crippen molar-refractivity contribution in [2.24, 2.45) is 11.7 Å². The van der Waals surface area contributed by atoms with E-state index in [4.69, 9.17) is 5.73 Å². The molecule has 0 aromatic heterocycles. The molecule has 1 fully saturated rings. The van der Waals surface area contributed by atoms with Crippen molar-refractivity contribution in [2.75, 3.05) is 12.3 Å². The van der Waals surface area contributed by atoms with E-state index in [9.17, 15) is 8.42 Å². The van der Waals surface area contributed by atoms with Crippen LogP contribution in [0.15, 0.2) is 0 Å². The van der Waals surface area contributed by atoms with Crippen LogP contribution in [0.1, 0.15) is 32.6 Å². The third-order valence-electron chi connectivity index (χ3n) is 2.65. The van der Waals surface area contributed by atoms with Gasteiger partial charge in [0.25, 0.3) is 0 Å². The fourth-order valence-corrected chi connectivity index (χ4v) is 3.02. The molecule has 1 aliphatic carbocycles. The highest BCUT2D eigenvalue weighted by atomic mass is 32.2. The van der Waals surface area contributed by atoms with E-state index in [2.05, 4.69) is 11.6 Å². The quantitative estimate of drug-likeness (QED) is 0.612. The van der Waals surface area contributed by atoms with E-state index in [1.54, 1.807) is 0 Å². The van der Waals surface area contributed by atoms with Crippen molar-refractivity contribution in [2.45, 2.75) is 38.6 Å². The molecule has 0 heterocycles. The standard InChI is InChI=1S/C9H20N2O2S/c1-2-8-7-9(8)11-14(12,13)6-4-3-5-10/h8-9,11H,2-7,10H2,1H3. The summed E-state index contributed by atoms with van der Waals surface area (Å²) in [6, 6.07) is 0.211. The first-order valence-electron chi connectivity index (χ1n) is 5.29. The van der Waals surface area contributed by atoms with Crippen molar-refractivity contribution < 1.29 is 8.42 Å². The molecule has 1 aliphatic rings. The maximum atomic E-state index is 11.5. The van der Waals surface area contributed by atoms with Crippen LogP contribution in [0.5, 0.6) is 0 Å². The molecule has 0 aliphatic heterocycles. The van der Waals surface area contributed by atoms with Gasteiger partial charge in [0, 0.05) is 6.04 Å². The van der Waals surface area contributed by atoms with Crippen molar-refractivity contribution in [3.63, 3.8) is 0 Å². The summed E-state index contributed by atoms with van der Waals surface area (Å²) < 4.78 is 25.7. The van der Waals surface area contributed by atoms with Crippen molar-refractivity contribution in [3.05, 3.63) is 0 Å². The van der Waals surface area contributed by atoms with Crippen LogP contribution in [0.4, 0.5) is 0 Å². The van der Waals surface area contributed by atoms with Crippen LogP contribution in [-0.4, -0.2) is 26.8 Å². The summed E-state index contributed by atoms with van der Waals surface area (Å²) in [5.41, 5.74) is 5.30. The summed E-state index contributed by atoms with van der Waals surface area (Å²) in [6.45, 7) is 2.66. The lowest BCUT2D eigenvalue weighted by atomic mass is 10.3. The second kappa shape index (κ2) is 5.09. The third kappa shape index (κ3) is 3.94. The van der Waals surface area contributed by atoms with Gasteiger partial charge in [-0.1, -0.05) is 13.3 Å². The Balaban J connectivity index is 2.22. The number of rotatable bonds is 7. The predicted octanol–water partition coefficient (Wildman–Crippen LogP) is 0.443. The average molecular weight is 220 g/mol. The fraction of sp³-hybridized carbons (Fsp3) is 1.00. The van der Waals surface area contributed by atoms with E-state index in [0.29, 0.717) is 18.9 Å². The molecule has 0 amide bonds. The molecule has 84 valence electrons. The molecule has 0 radical (unpaired) electrons. The molecule has 14 heavy (non-hydrogen) atoms. The summed E-state index contributed by atoms with van der Waals surface area (Å²) in [5, 5.41) is 0. The number of hydrogen-bond donors (Lipinski definition) is 2. The highest BCUT2D eigenvalue weighted by Crippen LogP contribution is 2.33. The largest absolute Gasteiger partial charge is 0.330 e. The first kappa shape index (κ1) is 11.9. The third-order valence-corrected chi connectivity index (χ3v) is 4.13. The Bertz CT molecular complexity index is 264. The average Bonchev–Trinajstić information content (AvgIpc) is 2.82. The Labute approximate surface area is 86.3 Å². The lowest BCUT2D eigenvalue weighted by molar-refractivity contribution is 0.572. The van der Waals surface area contributed by atoms with Crippen LogP contribution in [-0.2, 0) is 10.0 Å². The second-order valence-electron chi connectivity index (χ2n) is 3.94. The van der Waals surface area contributed by atoms with Gasteiger partial charge in [-0.2, -0.15) is 0 Å². The lowest BCUT2D eigenvalue weighted by Crippen LogP contribution is -2.29. The first-order valence-corrected chi connectivity index (χ1v) is 6.94. The van der Waals surface area contributed by atoms with Gasteiger partial charge >= 0.3 is 0 Å². The molecule has 1 saturated carbocycles. The van der Waals surface area contributed by atoms with E-state index in [-0.39, 0.29) is 11.8 Å². The molecular weight excluding hydrogens is 200 g/mol. The molecule has 0 spiro atoms. The normalized spacial score (nSPS) is 26.4. The Morgan fingerprint density at radius 1 is 1.43 bits per heavy atom. The van der Waals surface area contributed by atoms with Gasteiger partial charge in [-0.3, -0.25) is 0 Å². The number of unbranched alkanes of at least 4 members (excludes halogenated alkanes) is 1. The molecule has 2 atom stereocenters. The number of sulfonamides is 1. The molecule has 2 unspecified atom stereocenters. The molecule has 0 bridgehead atoms. The smallest absolute Gasteiger partial charge is 0.211 e. The van der Waals surface area contributed by atoms with Crippen LogP contribution < -0.4 is 10.5 Å². The number of hydrogen-bond acceptors (Lipinski definition) is 3. The Morgan fingerprint density at radius 3 is 2.64 bits per heavy atom. The van der Waals surface area contributed by atoms with Crippen LogP contribution in [0.2, 0.25) is 0 Å². The molecule has 0 aromatic rings. The van der Waals surface area contributed by atoms with Crippen molar-refractivity contribution in [3.8, 4) is 0 Å². The lowest BCUT2D eigenvalue weighted by Gasteiger charge is -2.05. The van der Waals surface area contributed by atoms with Gasteiger partial charge in [0.05, 0.1) is 5.75 Å². The maximum absolute atomic E-state index is 11.5. The van der Waals surface area contributed by atoms with Gasteiger partial charge in [-0.05, 0) is 31.7 Å². The summed E-state index contributed by atoms with van der Waals surface area (Å²) in [7, 11) is -3.04. The highest BCUT2D eigenvalue weighted by Gasteiger charge is 2.37. The molecule has 0 aromatic carbocycles. The van der Waals surface area contributed by atoms with Gasteiger partial charge in [0.1, 0.15) is 0 Å². The molecule has 4 nitrogen and oxygen atoms in total. The molecule has 1 rings (SSSR count). The van der Waals surface area contributed by atoms with Gasteiger partial charge in [0.2, 0.25) is 10.0 Å².